The highest BCUT2D eigenvalue weighted by molar-refractivity contribution is 7.71. The number of H-pyrrole nitrogens is 1. The zero-order valence-corrected chi connectivity index (χ0v) is 15.4. The van der Waals surface area contributed by atoms with Crippen LogP contribution in [0, 0.1) is 4.77 Å². The number of benzene rings is 1. The van der Waals surface area contributed by atoms with E-state index in [9.17, 15) is 0 Å². The summed E-state index contributed by atoms with van der Waals surface area (Å²) >= 11 is 11.9. The van der Waals surface area contributed by atoms with Crippen LogP contribution in [0.15, 0.2) is 23.8 Å². The van der Waals surface area contributed by atoms with Gasteiger partial charge in [0.15, 0.2) is 4.77 Å². The Morgan fingerprint density at radius 3 is 2.86 bits per heavy atom. The molecule has 0 saturated carbocycles. The molecule has 1 aromatic carbocycles. The molecule has 0 bridgehead atoms. The number of rotatable bonds is 2. The standard InChI is InChI=1S/C16H20ClN3S.ClH/c1-10(2)6-7-19-9-12-13(17)4-5-14-15(12)20(8-11(19)3)16(21)18-14;/h4-6,11H,7-9H2,1-3H3,(H,18,21);1H/t11-;/m1./s1. The number of halogens is 2. The topological polar surface area (TPSA) is 24.0 Å². The van der Waals surface area contributed by atoms with Crippen molar-refractivity contribution < 1.29 is 0 Å². The summed E-state index contributed by atoms with van der Waals surface area (Å²) in [5.41, 5.74) is 4.76. The molecule has 1 N–H and O–H groups in total. The molecule has 0 amide bonds. The molecular formula is C16H21Cl2N3S. The summed E-state index contributed by atoms with van der Waals surface area (Å²) < 4.78 is 2.98. The van der Waals surface area contributed by atoms with Gasteiger partial charge in [0, 0.05) is 36.3 Å². The first kappa shape index (κ1) is 17.5. The Hall–Kier alpha value is -0.810. The minimum Gasteiger partial charge on any atom is -0.331 e. The summed E-state index contributed by atoms with van der Waals surface area (Å²) in [7, 11) is 0. The minimum absolute atomic E-state index is 0. The number of aromatic nitrogens is 2. The van der Waals surface area contributed by atoms with Crippen molar-refractivity contribution in [3.8, 4) is 0 Å². The predicted octanol–water partition coefficient (Wildman–Crippen LogP) is 4.94. The largest absolute Gasteiger partial charge is 0.331 e. The first-order valence-corrected chi connectivity index (χ1v) is 8.03. The molecule has 0 radical (unpaired) electrons. The molecule has 1 aliphatic heterocycles. The minimum atomic E-state index is 0. The van der Waals surface area contributed by atoms with Crippen LogP contribution in [0.2, 0.25) is 5.02 Å². The van der Waals surface area contributed by atoms with Crippen molar-refractivity contribution in [1.82, 2.24) is 14.5 Å². The molecular weight excluding hydrogens is 337 g/mol. The normalized spacial score (nSPS) is 17.9. The predicted molar refractivity (Wildman–Crippen MR) is 98.7 cm³/mol. The summed E-state index contributed by atoms with van der Waals surface area (Å²) in [6.45, 7) is 9.21. The summed E-state index contributed by atoms with van der Waals surface area (Å²) in [6.07, 6.45) is 2.27. The van der Waals surface area contributed by atoms with Crippen molar-refractivity contribution in [2.45, 2.75) is 39.9 Å². The van der Waals surface area contributed by atoms with Gasteiger partial charge in [-0.3, -0.25) is 4.90 Å². The Bertz CT molecular complexity index is 772. The molecule has 1 aliphatic rings. The van der Waals surface area contributed by atoms with Crippen LogP contribution >= 0.6 is 36.2 Å². The van der Waals surface area contributed by atoms with Gasteiger partial charge in [0.05, 0.1) is 11.0 Å². The highest BCUT2D eigenvalue weighted by Gasteiger charge is 2.24. The Kier molecular flexibility index (Phi) is 5.38. The lowest BCUT2D eigenvalue weighted by Crippen LogP contribution is -2.34. The molecule has 120 valence electrons. The molecule has 1 aromatic heterocycles. The molecule has 0 unspecified atom stereocenters. The lowest BCUT2D eigenvalue weighted by atomic mass is 10.1. The van der Waals surface area contributed by atoms with Gasteiger partial charge in [-0.1, -0.05) is 23.3 Å². The van der Waals surface area contributed by atoms with Crippen LogP contribution in [0.3, 0.4) is 0 Å². The highest BCUT2D eigenvalue weighted by Crippen LogP contribution is 2.31. The number of nitrogens with one attached hydrogen (secondary N) is 1. The quantitative estimate of drug-likeness (QED) is 0.607. The molecule has 3 rings (SSSR count). The highest BCUT2D eigenvalue weighted by atomic mass is 35.5. The Balaban J connectivity index is 0.00000176. The van der Waals surface area contributed by atoms with Crippen molar-refractivity contribution in [3.05, 3.63) is 39.1 Å². The fourth-order valence-electron chi connectivity index (χ4n) is 2.91. The summed E-state index contributed by atoms with van der Waals surface area (Å²) in [6, 6.07) is 4.39. The first-order chi connectivity index (χ1) is 9.97. The van der Waals surface area contributed by atoms with Crippen molar-refractivity contribution in [2.75, 3.05) is 6.54 Å². The van der Waals surface area contributed by atoms with E-state index in [2.05, 4.69) is 41.3 Å². The second-order valence-electron chi connectivity index (χ2n) is 6.02. The zero-order chi connectivity index (χ0) is 15.1. The average molecular weight is 358 g/mol. The smallest absolute Gasteiger partial charge is 0.178 e. The molecule has 22 heavy (non-hydrogen) atoms. The van der Waals surface area contributed by atoms with Gasteiger partial charge in [-0.05, 0) is 45.1 Å². The lowest BCUT2D eigenvalue weighted by Gasteiger charge is -2.26. The van der Waals surface area contributed by atoms with E-state index >= 15 is 0 Å². The van der Waals surface area contributed by atoms with Crippen molar-refractivity contribution >= 4 is 47.3 Å². The molecule has 0 fully saturated rings. The monoisotopic (exact) mass is 357 g/mol. The third-order valence-corrected chi connectivity index (χ3v) is 4.82. The van der Waals surface area contributed by atoms with Crippen molar-refractivity contribution in [2.24, 2.45) is 0 Å². The van der Waals surface area contributed by atoms with Crippen LogP contribution in [-0.4, -0.2) is 27.0 Å². The average Bonchev–Trinajstić information content (AvgIpc) is 2.64. The van der Waals surface area contributed by atoms with Crippen LogP contribution in [0.5, 0.6) is 0 Å². The number of hydrogen-bond donors (Lipinski definition) is 1. The van der Waals surface area contributed by atoms with E-state index in [0.29, 0.717) is 6.04 Å². The van der Waals surface area contributed by atoms with Gasteiger partial charge < -0.3 is 9.55 Å². The van der Waals surface area contributed by atoms with Gasteiger partial charge in [0.25, 0.3) is 0 Å². The second kappa shape index (κ2) is 6.75. The third kappa shape index (κ3) is 3.11. The number of imidazole rings is 1. The van der Waals surface area contributed by atoms with Crippen LogP contribution in [0.4, 0.5) is 0 Å². The van der Waals surface area contributed by atoms with Crippen LogP contribution < -0.4 is 0 Å². The molecule has 1 atom stereocenters. The van der Waals surface area contributed by atoms with Gasteiger partial charge in [0.2, 0.25) is 0 Å². The van der Waals surface area contributed by atoms with Crippen molar-refractivity contribution in [1.29, 1.82) is 0 Å². The van der Waals surface area contributed by atoms with E-state index in [1.807, 2.05) is 12.1 Å². The van der Waals surface area contributed by atoms with Crippen LogP contribution in [0.25, 0.3) is 11.0 Å². The maximum absolute atomic E-state index is 6.46. The van der Waals surface area contributed by atoms with E-state index in [4.69, 9.17) is 23.8 Å². The van der Waals surface area contributed by atoms with E-state index < -0.39 is 0 Å². The summed E-state index contributed by atoms with van der Waals surface area (Å²) in [4.78, 5) is 5.74. The van der Waals surface area contributed by atoms with Gasteiger partial charge in [-0.15, -0.1) is 12.4 Å². The molecule has 2 heterocycles. The van der Waals surface area contributed by atoms with Gasteiger partial charge >= 0.3 is 0 Å². The molecule has 0 spiro atoms. The van der Waals surface area contributed by atoms with Crippen molar-refractivity contribution in [3.63, 3.8) is 0 Å². The van der Waals surface area contributed by atoms with E-state index in [1.165, 1.54) is 16.7 Å². The Morgan fingerprint density at radius 1 is 1.45 bits per heavy atom. The lowest BCUT2D eigenvalue weighted by molar-refractivity contribution is 0.210. The molecule has 0 aliphatic carbocycles. The van der Waals surface area contributed by atoms with Crippen LogP contribution in [-0.2, 0) is 13.1 Å². The van der Waals surface area contributed by atoms with Gasteiger partial charge in [-0.25, -0.2) is 0 Å². The number of hydrogen-bond acceptors (Lipinski definition) is 2. The number of aromatic amines is 1. The maximum atomic E-state index is 6.46. The SMILES string of the molecule is CC(C)=CCN1Cc2c(Cl)ccc3[nH]c(=S)n(c23)C[C@H]1C.Cl. The third-order valence-electron chi connectivity index (χ3n) is 4.15. The maximum Gasteiger partial charge on any atom is 0.178 e. The van der Waals surface area contributed by atoms with Gasteiger partial charge in [0.1, 0.15) is 0 Å². The Labute approximate surface area is 147 Å². The molecule has 2 aromatic rings. The Morgan fingerprint density at radius 2 is 2.18 bits per heavy atom. The summed E-state index contributed by atoms with van der Waals surface area (Å²) in [5.74, 6) is 0. The second-order valence-corrected chi connectivity index (χ2v) is 6.82. The zero-order valence-electron chi connectivity index (χ0n) is 13.0. The van der Waals surface area contributed by atoms with Crippen LogP contribution in [0.1, 0.15) is 26.3 Å². The fraction of sp³-hybridized carbons (Fsp3) is 0.438. The van der Waals surface area contributed by atoms with Gasteiger partial charge in [-0.2, -0.15) is 0 Å². The van der Waals surface area contributed by atoms with E-state index in [-0.39, 0.29) is 12.4 Å². The molecule has 0 saturated heterocycles. The van der Waals surface area contributed by atoms with E-state index in [1.54, 1.807) is 0 Å². The fourth-order valence-corrected chi connectivity index (χ4v) is 3.40. The number of nitrogens with zero attached hydrogens (tertiary/aromatic N) is 2. The first-order valence-electron chi connectivity index (χ1n) is 7.24. The number of allylic oxidation sites excluding steroid dienone is 1. The summed E-state index contributed by atoms with van der Waals surface area (Å²) in [5, 5.41) is 0.821. The molecule has 6 heteroatoms. The van der Waals surface area contributed by atoms with E-state index in [0.717, 1.165) is 34.9 Å². The molecule has 3 nitrogen and oxygen atoms in total.